The van der Waals surface area contributed by atoms with Crippen LogP contribution < -0.4 is 16.0 Å². The molecule has 0 bridgehead atoms. The van der Waals surface area contributed by atoms with E-state index < -0.39 is 0 Å². The smallest absolute Gasteiger partial charge is 0.236 e. The first-order chi connectivity index (χ1) is 16.7. The van der Waals surface area contributed by atoms with Crippen LogP contribution in [0.3, 0.4) is 0 Å². The number of unbranched alkanes of at least 4 members (excludes halogenated alkanes) is 3. The number of para-hydroxylation sites is 1. The molecular weight excluding hydrogens is 430 g/mol. The van der Waals surface area contributed by atoms with Crippen LogP contribution in [0.4, 0.5) is 5.82 Å². The van der Waals surface area contributed by atoms with E-state index in [1.165, 1.54) is 6.42 Å². The lowest BCUT2D eigenvalue weighted by atomic mass is 9.80. The lowest BCUT2D eigenvalue weighted by molar-refractivity contribution is -0.119. The van der Waals surface area contributed by atoms with Gasteiger partial charge in [0.15, 0.2) is 0 Å². The summed E-state index contributed by atoms with van der Waals surface area (Å²) < 4.78 is 6.31. The van der Waals surface area contributed by atoms with E-state index >= 15 is 0 Å². The van der Waals surface area contributed by atoms with Crippen molar-refractivity contribution >= 4 is 28.5 Å². The largest absolute Gasteiger partial charge is 0.378 e. The van der Waals surface area contributed by atoms with Crippen molar-refractivity contribution in [1.29, 1.82) is 0 Å². The molecule has 1 saturated carbocycles. The van der Waals surface area contributed by atoms with Gasteiger partial charge in [0.05, 0.1) is 18.2 Å². The number of nitrogens with one attached hydrogen (secondary N) is 3. The zero-order chi connectivity index (χ0) is 23.3. The maximum atomic E-state index is 12.3. The molecule has 8 nitrogen and oxygen atoms in total. The molecular formula is C26H35N5O3. The minimum Gasteiger partial charge on any atom is -0.378 e. The molecule has 3 fully saturated rings. The van der Waals surface area contributed by atoms with Gasteiger partial charge < -0.3 is 15.4 Å². The number of rotatable bonds is 9. The van der Waals surface area contributed by atoms with Gasteiger partial charge in [-0.2, -0.15) is 0 Å². The number of amides is 2. The highest BCUT2D eigenvalue weighted by Crippen LogP contribution is 2.32. The first-order valence-electron chi connectivity index (χ1n) is 12.7. The van der Waals surface area contributed by atoms with E-state index in [1.54, 1.807) is 0 Å². The Labute approximate surface area is 200 Å². The molecule has 182 valence electrons. The minimum atomic E-state index is 0.00159. The molecule has 3 aliphatic rings. The topological polar surface area (TPSA) is 95.6 Å². The fraction of sp³-hybridized carbons (Fsp3) is 0.577. The van der Waals surface area contributed by atoms with E-state index in [2.05, 4.69) is 25.8 Å². The predicted octanol–water partition coefficient (Wildman–Crippen LogP) is 3.00. The Kier molecular flexibility index (Phi) is 7.37. The number of anilines is 1. The van der Waals surface area contributed by atoms with Crippen LogP contribution in [0.15, 0.2) is 36.4 Å². The van der Waals surface area contributed by atoms with Crippen LogP contribution in [0, 0.1) is 5.92 Å². The lowest BCUT2D eigenvalue weighted by Crippen LogP contribution is -2.64. The van der Waals surface area contributed by atoms with E-state index in [0.29, 0.717) is 30.7 Å². The number of fused-ring (bicyclic) bond motifs is 3. The third kappa shape index (κ3) is 5.56. The molecule has 2 aliphatic heterocycles. The van der Waals surface area contributed by atoms with Crippen molar-refractivity contribution < 1.29 is 14.3 Å². The number of hydrogen-bond donors (Lipinski definition) is 3. The quantitative estimate of drug-likeness (QED) is 0.493. The van der Waals surface area contributed by atoms with Crippen molar-refractivity contribution in [1.82, 2.24) is 20.5 Å². The van der Waals surface area contributed by atoms with Crippen LogP contribution in [0.1, 0.15) is 51.4 Å². The summed E-state index contributed by atoms with van der Waals surface area (Å²) in [6.45, 7) is 2.17. The van der Waals surface area contributed by atoms with Crippen LogP contribution in [-0.4, -0.2) is 59.8 Å². The molecule has 34 heavy (non-hydrogen) atoms. The molecule has 0 radical (unpaired) electrons. The Bertz CT molecular complexity index is 1010. The molecule has 4 unspecified atom stereocenters. The van der Waals surface area contributed by atoms with Crippen LogP contribution in [0.25, 0.3) is 10.9 Å². The number of pyridine rings is 1. The Balaban J connectivity index is 0.968. The molecule has 0 spiro atoms. The first kappa shape index (κ1) is 23.2. The van der Waals surface area contributed by atoms with E-state index in [1.807, 2.05) is 36.4 Å². The summed E-state index contributed by atoms with van der Waals surface area (Å²) in [5.41, 5.74) is 0.888. The van der Waals surface area contributed by atoms with Gasteiger partial charge in [-0.3, -0.25) is 19.8 Å². The molecule has 4 atom stereocenters. The SMILES string of the molecule is O=C(CCCCCCOC1CCCC2NC3NC(=O)CN3CC21)Nc1ccc2ccccc2n1. The van der Waals surface area contributed by atoms with Crippen LogP contribution in [-0.2, 0) is 14.3 Å². The van der Waals surface area contributed by atoms with Crippen LogP contribution in [0.5, 0.6) is 0 Å². The van der Waals surface area contributed by atoms with Gasteiger partial charge >= 0.3 is 0 Å². The van der Waals surface area contributed by atoms with Crippen LogP contribution in [0.2, 0.25) is 0 Å². The minimum absolute atomic E-state index is 0.00159. The summed E-state index contributed by atoms with van der Waals surface area (Å²) in [6.07, 6.45) is 8.17. The monoisotopic (exact) mass is 465 g/mol. The number of nitrogens with zero attached hydrogens (tertiary/aromatic N) is 2. The van der Waals surface area contributed by atoms with Crippen LogP contribution >= 0.6 is 0 Å². The fourth-order valence-corrected chi connectivity index (χ4v) is 5.56. The number of benzene rings is 1. The maximum absolute atomic E-state index is 12.3. The Morgan fingerprint density at radius 1 is 1.12 bits per heavy atom. The van der Waals surface area contributed by atoms with Gasteiger partial charge in [-0.1, -0.05) is 31.0 Å². The molecule has 1 aromatic heterocycles. The van der Waals surface area contributed by atoms with E-state index in [9.17, 15) is 9.59 Å². The van der Waals surface area contributed by atoms with Crippen molar-refractivity contribution in [2.24, 2.45) is 5.92 Å². The van der Waals surface area contributed by atoms with Crippen molar-refractivity contribution in [3.05, 3.63) is 36.4 Å². The van der Waals surface area contributed by atoms with Gasteiger partial charge in [-0.05, 0) is 50.3 Å². The molecule has 1 aliphatic carbocycles. The van der Waals surface area contributed by atoms with E-state index in [-0.39, 0.29) is 24.2 Å². The predicted molar refractivity (Wildman–Crippen MR) is 131 cm³/mol. The zero-order valence-electron chi connectivity index (χ0n) is 19.7. The van der Waals surface area contributed by atoms with Gasteiger partial charge in [0, 0.05) is 36.9 Å². The molecule has 3 heterocycles. The third-order valence-corrected chi connectivity index (χ3v) is 7.32. The first-order valence-corrected chi connectivity index (χ1v) is 12.7. The summed E-state index contributed by atoms with van der Waals surface area (Å²) in [4.78, 5) is 30.7. The average molecular weight is 466 g/mol. The van der Waals surface area contributed by atoms with E-state index in [0.717, 1.165) is 62.6 Å². The second-order valence-electron chi connectivity index (χ2n) is 9.78. The molecule has 3 N–H and O–H groups in total. The summed E-state index contributed by atoms with van der Waals surface area (Å²) in [7, 11) is 0. The number of ether oxygens (including phenoxy) is 1. The van der Waals surface area contributed by atoms with Crippen molar-refractivity contribution in [2.75, 3.05) is 25.0 Å². The fourth-order valence-electron chi connectivity index (χ4n) is 5.56. The van der Waals surface area contributed by atoms with Gasteiger partial charge in [-0.15, -0.1) is 0 Å². The normalized spacial score (nSPS) is 26.6. The Hall–Kier alpha value is -2.55. The molecule has 2 saturated heterocycles. The number of aromatic nitrogens is 1. The molecule has 2 aromatic rings. The third-order valence-electron chi connectivity index (χ3n) is 7.32. The zero-order valence-corrected chi connectivity index (χ0v) is 19.7. The summed E-state index contributed by atoms with van der Waals surface area (Å²) in [5.74, 6) is 1.19. The average Bonchev–Trinajstić information content (AvgIpc) is 3.20. The van der Waals surface area contributed by atoms with Crippen molar-refractivity contribution in [3.8, 4) is 0 Å². The molecule has 5 rings (SSSR count). The van der Waals surface area contributed by atoms with Crippen molar-refractivity contribution in [3.63, 3.8) is 0 Å². The Morgan fingerprint density at radius 2 is 2.00 bits per heavy atom. The summed E-state index contributed by atoms with van der Waals surface area (Å²) in [5, 5.41) is 10.6. The van der Waals surface area contributed by atoms with Crippen molar-refractivity contribution in [2.45, 2.75) is 69.8 Å². The highest BCUT2D eigenvalue weighted by atomic mass is 16.5. The molecule has 8 heteroatoms. The van der Waals surface area contributed by atoms with E-state index in [4.69, 9.17) is 4.74 Å². The van der Waals surface area contributed by atoms with Gasteiger partial charge in [-0.25, -0.2) is 4.98 Å². The number of hydrogen-bond acceptors (Lipinski definition) is 6. The number of carbonyl (C=O) groups excluding carboxylic acids is 2. The van der Waals surface area contributed by atoms with Gasteiger partial charge in [0.1, 0.15) is 12.1 Å². The molecule has 1 aromatic carbocycles. The van der Waals surface area contributed by atoms with Gasteiger partial charge in [0.25, 0.3) is 0 Å². The maximum Gasteiger partial charge on any atom is 0.236 e. The summed E-state index contributed by atoms with van der Waals surface area (Å²) in [6, 6.07) is 12.2. The second kappa shape index (κ2) is 10.8. The standard InChI is InChI=1S/C26H35N5O3/c32-24(29-23-14-13-18-8-4-5-9-20(18)27-23)12-3-1-2-6-15-34-22-11-7-10-21-19(22)16-31-17-25(33)30-26(31)28-21/h4-5,8-9,13-14,19,21-22,26,28H,1-3,6-7,10-12,15-17H2,(H,30,33)(H,27,29,32). The highest BCUT2D eigenvalue weighted by Gasteiger charge is 2.44. The Morgan fingerprint density at radius 3 is 2.94 bits per heavy atom. The number of carbonyl (C=O) groups is 2. The molecule has 2 amide bonds. The summed E-state index contributed by atoms with van der Waals surface area (Å²) >= 11 is 0. The highest BCUT2D eigenvalue weighted by molar-refractivity contribution is 5.91. The lowest BCUT2D eigenvalue weighted by Gasteiger charge is -2.46. The second-order valence-corrected chi connectivity index (χ2v) is 9.78. The van der Waals surface area contributed by atoms with Gasteiger partial charge in [0.2, 0.25) is 11.8 Å².